The van der Waals surface area contributed by atoms with Crippen molar-refractivity contribution in [1.29, 1.82) is 0 Å². The molecule has 3 aromatic rings. The van der Waals surface area contributed by atoms with Crippen molar-refractivity contribution in [1.82, 2.24) is 4.98 Å². The summed E-state index contributed by atoms with van der Waals surface area (Å²) < 4.78 is 1.35. The molecule has 0 amide bonds. The van der Waals surface area contributed by atoms with Gasteiger partial charge in [-0.2, -0.15) is 0 Å². The molecule has 2 aromatic heterocycles. The number of benzene rings is 1. The van der Waals surface area contributed by atoms with Gasteiger partial charge in [-0.1, -0.05) is 52.1 Å². The molecule has 0 unspecified atom stereocenters. The predicted molar refractivity (Wildman–Crippen MR) is 94.0 cm³/mol. The molecule has 1 aromatic carbocycles. The first-order valence-electron chi connectivity index (χ1n) is 7.09. The van der Waals surface area contributed by atoms with Gasteiger partial charge in [-0.05, 0) is 22.4 Å². The summed E-state index contributed by atoms with van der Waals surface area (Å²) in [7, 11) is -1.56. The monoisotopic (exact) mass is 299 g/mol. The third-order valence-corrected chi connectivity index (χ3v) is 11.4. The largest absolute Gasteiger partial charge is 0.245 e. The molecule has 1 nitrogen and oxygen atoms in total. The van der Waals surface area contributed by atoms with E-state index >= 15 is 0 Å². The number of hydrogen-bond acceptors (Lipinski definition) is 2. The Morgan fingerprint density at radius 1 is 1.05 bits per heavy atom. The minimum absolute atomic E-state index is 0.338. The van der Waals surface area contributed by atoms with E-state index in [1.807, 2.05) is 17.5 Å². The van der Waals surface area contributed by atoms with Crippen LogP contribution in [0.3, 0.4) is 0 Å². The van der Waals surface area contributed by atoms with Crippen LogP contribution >= 0.6 is 11.3 Å². The average molecular weight is 300 g/mol. The highest BCUT2D eigenvalue weighted by Crippen LogP contribution is 2.39. The van der Waals surface area contributed by atoms with E-state index in [9.17, 15) is 0 Å². The highest BCUT2D eigenvalue weighted by Gasteiger charge is 2.38. The lowest BCUT2D eigenvalue weighted by Crippen LogP contribution is -2.49. The first kappa shape index (κ1) is 13.8. The molecule has 0 saturated carbocycles. The zero-order valence-electron chi connectivity index (χ0n) is 12.8. The SMILES string of the molecule is CC(C)(C)[Si](C)(C)c1ccnc2sc3ccccc3c12. The smallest absolute Gasteiger partial charge is 0.124 e. The van der Waals surface area contributed by atoms with Crippen molar-refractivity contribution in [3.8, 4) is 0 Å². The van der Waals surface area contributed by atoms with Gasteiger partial charge in [0.1, 0.15) is 4.83 Å². The summed E-state index contributed by atoms with van der Waals surface area (Å²) >= 11 is 1.81. The third-order valence-electron chi connectivity index (χ3n) is 4.83. The van der Waals surface area contributed by atoms with E-state index in [0.717, 1.165) is 0 Å². The van der Waals surface area contributed by atoms with E-state index in [-0.39, 0.29) is 0 Å². The van der Waals surface area contributed by atoms with Crippen molar-refractivity contribution in [3.05, 3.63) is 36.5 Å². The van der Waals surface area contributed by atoms with Crippen molar-refractivity contribution in [2.45, 2.75) is 38.9 Å². The van der Waals surface area contributed by atoms with Gasteiger partial charge in [-0.15, -0.1) is 11.3 Å². The molecule has 0 fully saturated rings. The minimum Gasteiger partial charge on any atom is -0.245 e. The standard InChI is InChI=1S/C17H21NSSi/c1-17(2,3)20(4,5)14-10-11-18-16-15(14)12-8-6-7-9-13(12)19-16/h6-11H,1-5H3. The van der Waals surface area contributed by atoms with Crippen LogP contribution in [0.25, 0.3) is 20.3 Å². The Bertz CT molecular complexity index is 780. The zero-order valence-corrected chi connectivity index (χ0v) is 14.6. The van der Waals surface area contributed by atoms with Gasteiger partial charge in [0.25, 0.3) is 0 Å². The van der Waals surface area contributed by atoms with Crippen LogP contribution in [0.2, 0.25) is 18.1 Å². The molecule has 20 heavy (non-hydrogen) atoms. The Labute approximate surface area is 125 Å². The quantitative estimate of drug-likeness (QED) is 0.565. The van der Waals surface area contributed by atoms with Crippen molar-refractivity contribution >= 4 is 44.9 Å². The Balaban J connectivity index is 2.42. The highest BCUT2D eigenvalue weighted by atomic mass is 32.1. The first-order chi connectivity index (χ1) is 9.32. The molecule has 0 aliphatic rings. The van der Waals surface area contributed by atoms with E-state index in [4.69, 9.17) is 0 Å². The number of fused-ring (bicyclic) bond motifs is 3. The van der Waals surface area contributed by atoms with E-state index in [1.54, 1.807) is 5.19 Å². The second-order valence-corrected chi connectivity index (χ2v) is 13.3. The first-order valence-corrected chi connectivity index (χ1v) is 10.9. The number of nitrogens with zero attached hydrogens (tertiary/aromatic N) is 1. The molecule has 0 atom stereocenters. The van der Waals surface area contributed by atoms with Crippen LogP contribution in [0.5, 0.6) is 0 Å². The summed E-state index contributed by atoms with van der Waals surface area (Å²) in [6, 6.07) is 11.0. The van der Waals surface area contributed by atoms with Gasteiger partial charge in [0.2, 0.25) is 0 Å². The lowest BCUT2D eigenvalue weighted by atomic mass is 10.2. The fourth-order valence-corrected chi connectivity index (χ4v) is 5.91. The number of rotatable bonds is 1. The van der Waals surface area contributed by atoms with Gasteiger partial charge in [-0.25, -0.2) is 4.98 Å². The highest BCUT2D eigenvalue weighted by molar-refractivity contribution is 7.25. The zero-order chi connectivity index (χ0) is 14.5. The van der Waals surface area contributed by atoms with E-state index in [2.05, 4.69) is 69.2 Å². The second kappa shape index (κ2) is 4.40. The number of pyridine rings is 1. The van der Waals surface area contributed by atoms with Crippen molar-refractivity contribution in [2.75, 3.05) is 0 Å². The normalized spacial score (nSPS) is 13.2. The fourth-order valence-electron chi connectivity index (χ4n) is 2.57. The Hall–Kier alpha value is -1.19. The van der Waals surface area contributed by atoms with Gasteiger partial charge in [-0.3, -0.25) is 0 Å². The summed E-state index contributed by atoms with van der Waals surface area (Å²) in [5.41, 5.74) is 0. The summed E-state index contributed by atoms with van der Waals surface area (Å²) in [5.74, 6) is 0. The summed E-state index contributed by atoms with van der Waals surface area (Å²) in [4.78, 5) is 5.80. The lowest BCUT2D eigenvalue weighted by Gasteiger charge is -2.37. The number of hydrogen-bond donors (Lipinski definition) is 0. The molecule has 0 spiro atoms. The molecule has 3 heteroatoms. The summed E-state index contributed by atoms with van der Waals surface area (Å²) in [6.45, 7) is 12.1. The van der Waals surface area contributed by atoms with Crippen LogP contribution in [0, 0.1) is 0 Å². The van der Waals surface area contributed by atoms with Crippen LogP contribution < -0.4 is 5.19 Å². The molecule has 104 valence electrons. The Kier molecular flexibility index (Phi) is 3.03. The Morgan fingerprint density at radius 3 is 2.45 bits per heavy atom. The van der Waals surface area contributed by atoms with Crippen LogP contribution in [0.4, 0.5) is 0 Å². The van der Waals surface area contributed by atoms with Gasteiger partial charge >= 0.3 is 0 Å². The van der Waals surface area contributed by atoms with Gasteiger partial charge in [0.05, 0.1) is 8.07 Å². The van der Waals surface area contributed by atoms with Crippen molar-refractivity contribution in [3.63, 3.8) is 0 Å². The topological polar surface area (TPSA) is 12.9 Å². The minimum atomic E-state index is -1.56. The van der Waals surface area contributed by atoms with E-state index in [0.29, 0.717) is 5.04 Å². The maximum absolute atomic E-state index is 4.62. The van der Waals surface area contributed by atoms with E-state index < -0.39 is 8.07 Å². The van der Waals surface area contributed by atoms with Crippen LogP contribution in [0.15, 0.2) is 36.5 Å². The molecule has 0 saturated heterocycles. The summed E-state index contributed by atoms with van der Waals surface area (Å²) in [6.07, 6.45) is 1.99. The second-order valence-electron chi connectivity index (χ2n) is 7.01. The molecule has 2 heterocycles. The van der Waals surface area contributed by atoms with E-state index in [1.165, 1.54) is 20.3 Å². The fraction of sp³-hybridized carbons (Fsp3) is 0.353. The molecule has 0 aliphatic carbocycles. The van der Waals surface area contributed by atoms with Gasteiger partial charge < -0.3 is 0 Å². The molecular formula is C17H21NSSi. The lowest BCUT2D eigenvalue weighted by molar-refractivity contribution is 0.730. The number of thiophene rings is 1. The maximum Gasteiger partial charge on any atom is 0.124 e. The van der Waals surface area contributed by atoms with Gasteiger partial charge in [0, 0.05) is 21.7 Å². The Morgan fingerprint density at radius 2 is 1.75 bits per heavy atom. The van der Waals surface area contributed by atoms with Crippen molar-refractivity contribution < 1.29 is 0 Å². The predicted octanol–water partition coefficient (Wildman–Crippen LogP) is 5.17. The van der Waals surface area contributed by atoms with Crippen LogP contribution in [-0.2, 0) is 0 Å². The van der Waals surface area contributed by atoms with Gasteiger partial charge in [0.15, 0.2) is 0 Å². The molecule has 0 bridgehead atoms. The number of aromatic nitrogens is 1. The molecule has 0 N–H and O–H groups in total. The summed E-state index contributed by atoms with van der Waals surface area (Å²) in [5, 5.41) is 4.66. The van der Waals surface area contributed by atoms with Crippen molar-refractivity contribution in [2.24, 2.45) is 0 Å². The average Bonchev–Trinajstić information content (AvgIpc) is 2.75. The third kappa shape index (κ3) is 1.92. The molecule has 0 radical (unpaired) electrons. The van der Waals surface area contributed by atoms with Crippen LogP contribution in [-0.4, -0.2) is 13.1 Å². The molecule has 0 aliphatic heterocycles. The molecule has 3 rings (SSSR count). The maximum atomic E-state index is 4.62. The van der Waals surface area contributed by atoms with Crippen LogP contribution in [0.1, 0.15) is 20.8 Å². The molecular weight excluding hydrogens is 278 g/mol.